The Morgan fingerprint density at radius 2 is 0.852 bits per heavy atom. The molecule has 11 rings (SSSR count). The first-order valence-electron chi connectivity index (χ1n) is 51.3. The van der Waals surface area contributed by atoms with Crippen molar-refractivity contribution in [3.05, 3.63) is 66.2 Å². The van der Waals surface area contributed by atoms with Crippen molar-refractivity contribution in [1.29, 1.82) is 0 Å². The summed E-state index contributed by atoms with van der Waals surface area (Å²) in [5.41, 5.74) is 1.22. The summed E-state index contributed by atoms with van der Waals surface area (Å²) in [6.07, 6.45) is 27.6. The summed E-state index contributed by atoms with van der Waals surface area (Å²) in [7, 11) is 1.46. The van der Waals surface area contributed by atoms with Crippen molar-refractivity contribution < 1.29 is 162 Å². The molecule has 0 N–H and O–H groups in total. The highest BCUT2D eigenvalue weighted by molar-refractivity contribution is 7.99. The third-order valence-corrected chi connectivity index (χ3v) is 25.0. The number of rotatable bonds is 43. The quantitative estimate of drug-likeness (QED) is 0.0196. The number of para-hydroxylation sites is 1. The van der Waals surface area contributed by atoms with E-state index in [-0.39, 0.29) is 98.1 Å². The Hall–Kier alpha value is -7.68. The van der Waals surface area contributed by atoms with Crippen molar-refractivity contribution >= 4 is 77.4 Å². The molecule has 2 aromatic rings. The van der Waals surface area contributed by atoms with Gasteiger partial charge in [0.15, 0.2) is 57.6 Å². The number of carbonyl (C=O) groups excluding carboxylic acids is 11. The number of fused-ring (bicyclic) bond motifs is 11. The largest absolute Gasteiger partial charge is 0.491 e. The third-order valence-electron chi connectivity index (χ3n) is 24.0. The van der Waals surface area contributed by atoms with E-state index in [1.165, 1.54) is 192 Å². The van der Waals surface area contributed by atoms with Gasteiger partial charge in [-0.1, -0.05) is 127 Å². The Kier molecular flexibility index (Phi) is 75.9. The molecule has 1 saturated heterocycles. The number of thioether (sulfide) groups is 1. The van der Waals surface area contributed by atoms with Crippen LogP contribution >= 0.6 is 11.8 Å². The lowest BCUT2D eigenvalue weighted by atomic mass is 9.67. The molecule has 19 unspecified atom stereocenters. The normalized spacial score (nSPS) is 22.2. The van der Waals surface area contributed by atoms with Gasteiger partial charge in [0.25, 0.3) is 0 Å². The van der Waals surface area contributed by atoms with Crippen LogP contribution in [-0.4, -0.2) is 227 Å². The van der Waals surface area contributed by atoms with Gasteiger partial charge in [-0.25, -0.2) is 0 Å². The Morgan fingerprint density at radius 1 is 0.394 bits per heavy atom. The Morgan fingerprint density at radius 3 is 1.29 bits per heavy atom. The third kappa shape index (κ3) is 70.2. The van der Waals surface area contributed by atoms with E-state index >= 15 is 0 Å². The maximum Gasteiger partial charge on any atom is 0.304 e. The molecule has 6 bridgehead atoms. The van der Waals surface area contributed by atoms with Crippen molar-refractivity contribution in [1.82, 2.24) is 0 Å². The fourth-order valence-corrected chi connectivity index (χ4v) is 19.4. The Labute approximate surface area is 852 Å². The summed E-state index contributed by atoms with van der Waals surface area (Å²) in [5, 5.41) is 0. The highest BCUT2D eigenvalue weighted by Crippen LogP contribution is 2.69. The summed E-state index contributed by atoms with van der Waals surface area (Å²) in [4.78, 5) is 115. The molecule has 9 aliphatic rings. The van der Waals surface area contributed by atoms with Crippen LogP contribution in [-0.2, 0) is 163 Å². The zero-order valence-electron chi connectivity index (χ0n) is 90.1. The summed E-state index contributed by atoms with van der Waals surface area (Å²) in [6.45, 7) is 43.2. The van der Waals surface area contributed by atoms with Gasteiger partial charge in [-0.15, -0.1) is 0 Å². The molecule has 1 aliphatic heterocycles. The molecule has 818 valence electrons. The lowest BCUT2D eigenvalue weighted by Gasteiger charge is -2.38. The van der Waals surface area contributed by atoms with Gasteiger partial charge in [-0.05, 0) is 241 Å². The molecule has 142 heavy (non-hydrogen) atoms. The second-order valence-corrected chi connectivity index (χ2v) is 37.9. The SMILES string of the molecule is CC(=O)OC(C)OC1CCCCC1.CC(=O)OC(C)OCC(C)C.CC(=O)OC(C)OCCC1CC2CC1C1C3CCC(C3)C21.CC(=O)OC(C)OCCC1CC2CCC1C2.CC(=O)OC(C)OCCC1CCCCC1.CC(=O)OC(C)OCCOc1ccccc1.CC(=O)OC(C)OCCc1ccccc1.CC(=O)OC1CSCCO1.CCOC(CC)OC(C)=O.CCOCOC(C)=O.COCOC(C)=O. The van der Waals surface area contributed by atoms with Crippen LogP contribution in [0.25, 0.3) is 0 Å². The van der Waals surface area contributed by atoms with Crippen LogP contribution in [0.1, 0.15) is 312 Å². The van der Waals surface area contributed by atoms with E-state index in [0.717, 1.165) is 134 Å². The minimum atomic E-state index is -0.531. The highest BCUT2D eigenvalue weighted by Gasteiger charge is 2.62. The predicted molar refractivity (Wildman–Crippen MR) is 534 cm³/mol. The van der Waals surface area contributed by atoms with Crippen LogP contribution in [0.3, 0.4) is 0 Å². The standard InChI is InChI=1S/C18H28O3.C13H22O3.C12H16O4.C12H22O3.C12H16O3.C10H18O3.C8H16O3.C7H14O3.C6H10O3S.C5H10O3.C4H8O3/c1-10(19)21-11(2)20-6-5-12-7-15-9-16(12)18-14-4-3-13(8-14)17(15)18;1-9(14)16-10(2)15-6-5-13-8-11-3-4-12(13)7-11;1-10(13)16-11(2)14-8-9-15-12-6-4-3-5-7-12;2*1-10(13)15-11(2)14-9-8-12-6-4-3-5-7-12;1-8(11)12-9(2)13-10-6-4-3-5-7-10;1-6(2)5-10-8(4)11-7(3)9;1-4-7(9-5-2)10-6(3)8;1-5(7)9-6-4-10-3-2-8-6;1-3-7-4-8-5(2)6;1-4(5)7-3-6-2/h11-18H,3-9H2,1-2H3;10-13H,3-8H2,1-2H3;3-7,11H,8-9H2,1-2H3;11-12H,3-9H2,1-2H3;3-7,11H,8-9H2,1-2H3;9-10H,3-7H2,1-2H3;6,8H,5H2,1-4H3;7H,4-5H2,1-3H3;6H,2-4H2,1H3;3-4H2,1-2H3;3H2,1-2H3. The number of methoxy groups -OCH3 is 1. The van der Waals surface area contributed by atoms with Crippen LogP contribution in [0, 0.1) is 71.0 Å². The zero-order chi connectivity index (χ0) is 106. The fourth-order valence-electron chi connectivity index (χ4n) is 18.6. The molecule has 8 saturated carbocycles. The van der Waals surface area contributed by atoms with Crippen molar-refractivity contribution in [3.63, 3.8) is 0 Å². The average Bonchev–Trinajstić information content (AvgIpc) is 1.55. The van der Waals surface area contributed by atoms with Crippen molar-refractivity contribution in [2.45, 2.75) is 376 Å². The Balaban J connectivity index is 0.000000791. The minimum absolute atomic E-state index is 0.0509. The number of benzene rings is 2. The molecule has 8 aliphatic carbocycles. The van der Waals surface area contributed by atoms with Gasteiger partial charge in [0.05, 0.1) is 58.1 Å². The molecule has 2 aromatic carbocycles. The molecule has 35 heteroatoms. The first-order chi connectivity index (χ1) is 67.6. The predicted octanol–water partition coefficient (Wildman–Crippen LogP) is 19.9. The van der Waals surface area contributed by atoms with Crippen LogP contribution in [0.2, 0.25) is 0 Å². The van der Waals surface area contributed by atoms with E-state index in [1.807, 2.05) is 102 Å². The molecule has 9 fully saturated rings. The smallest absolute Gasteiger partial charge is 0.304 e. The summed E-state index contributed by atoms with van der Waals surface area (Å²) in [5.74, 6) is 10.7. The average molecular weight is 2040 g/mol. The molecule has 0 amide bonds. The molecule has 0 aromatic heterocycles. The summed E-state index contributed by atoms with van der Waals surface area (Å²) >= 11 is 1.74. The second-order valence-electron chi connectivity index (χ2n) is 36.7. The minimum Gasteiger partial charge on any atom is -0.491 e. The van der Waals surface area contributed by atoms with Crippen LogP contribution in [0.4, 0.5) is 0 Å². The van der Waals surface area contributed by atoms with Crippen molar-refractivity contribution in [2.75, 3.05) is 98.3 Å². The Bertz CT molecular complexity index is 3620. The molecule has 1 heterocycles. The number of hydrogen-bond acceptors (Lipinski definition) is 35. The fraction of sp³-hybridized carbons (Fsp3) is 0.785. The molecule has 0 spiro atoms. The van der Waals surface area contributed by atoms with Gasteiger partial charge in [0.2, 0.25) is 12.6 Å². The van der Waals surface area contributed by atoms with Crippen molar-refractivity contribution in [2.24, 2.45) is 71.0 Å². The van der Waals surface area contributed by atoms with Gasteiger partial charge in [-0.3, -0.25) is 52.7 Å². The van der Waals surface area contributed by atoms with Crippen LogP contribution < -0.4 is 4.74 Å². The van der Waals surface area contributed by atoms with E-state index in [9.17, 15) is 52.7 Å². The van der Waals surface area contributed by atoms with E-state index in [1.54, 1.807) is 59.7 Å². The molecular formula is C107H180O34S. The number of ether oxygens (including phenoxy) is 23. The van der Waals surface area contributed by atoms with Crippen LogP contribution in [0.5, 0.6) is 5.75 Å². The second kappa shape index (κ2) is 81.4. The lowest BCUT2D eigenvalue weighted by molar-refractivity contribution is -0.185. The van der Waals surface area contributed by atoms with E-state index in [4.69, 9.17) is 94.7 Å². The van der Waals surface area contributed by atoms with E-state index < -0.39 is 37.7 Å². The summed E-state index contributed by atoms with van der Waals surface area (Å²) < 4.78 is 115. The summed E-state index contributed by atoms with van der Waals surface area (Å²) in [6, 6.07) is 19.5. The number of carbonyl (C=O) groups is 11. The maximum atomic E-state index is 10.9. The first kappa shape index (κ1) is 132. The first-order valence-corrected chi connectivity index (χ1v) is 52.5. The molecule has 0 radical (unpaired) electrons. The van der Waals surface area contributed by atoms with Gasteiger partial charge < -0.3 is 109 Å². The molecule has 34 nitrogen and oxygen atoms in total. The molecule has 19 atom stereocenters. The lowest BCUT2D eigenvalue weighted by Crippen LogP contribution is -2.33. The monoisotopic (exact) mass is 2040 g/mol. The van der Waals surface area contributed by atoms with Crippen molar-refractivity contribution in [3.8, 4) is 5.75 Å². The highest BCUT2D eigenvalue weighted by atomic mass is 32.2. The maximum absolute atomic E-state index is 10.9. The zero-order valence-corrected chi connectivity index (χ0v) is 91.0. The van der Waals surface area contributed by atoms with Gasteiger partial charge >= 0.3 is 65.7 Å². The van der Waals surface area contributed by atoms with Crippen LogP contribution in [0.15, 0.2) is 60.7 Å². The van der Waals surface area contributed by atoms with E-state index in [0.29, 0.717) is 71.3 Å². The molecular weight excluding hydrogens is 1860 g/mol. The topological polar surface area (TPSA) is 400 Å². The van der Waals surface area contributed by atoms with E-state index in [2.05, 4.69) is 14.2 Å². The number of esters is 11. The number of hydrogen-bond donors (Lipinski definition) is 0. The van der Waals surface area contributed by atoms with Gasteiger partial charge in [0, 0.05) is 109 Å². The van der Waals surface area contributed by atoms with Gasteiger partial charge in [0.1, 0.15) is 12.4 Å². The van der Waals surface area contributed by atoms with Gasteiger partial charge in [-0.2, -0.15) is 11.8 Å².